The van der Waals surface area contributed by atoms with Crippen LogP contribution in [-0.4, -0.2) is 55.5 Å². The van der Waals surface area contributed by atoms with E-state index in [0.717, 1.165) is 45.3 Å². The summed E-state index contributed by atoms with van der Waals surface area (Å²) in [7, 11) is 4.11. The molecule has 1 amide bonds. The third kappa shape index (κ3) is 5.49. The number of hydrogen-bond acceptors (Lipinski definition) is 3. The standard InChI is InChI=1S/C15H31N3O/c1-4-13(9-10-16)7-8-15(19)18(3)14-6-5-11-17(2)12-14/h13-14H,4-12,16H2,1-3H3. The lowest BCUT2D eigenvalue weighted by molar-refractivity contribution is -0.133. The van der Waals surface area contributed by atoms with Crippen molar-refractivity contribution in [1.29, 1.82) is 0 Å². The zero-order valence-electron chi connectivity index (χ0n) is 12.9. The summed E-state index contributed by atoms with van der Waals surface area (Å²) >= 11 is 0. The SMILES string of the molecule is CCC(CCN)CCC(=O)N(C)C1CCCN(C)C1. The third-order valence-corrected chi connectivity index (χ3v) is 4.46. The van der Waals surface area contributed by atoms with Crippen LogP contribution in [0.25, 0.3) is 0 Å². The summed E-state index contributed by atoms with van der Waals surface area (Å²) < 4.78 is 0. The number of carbonyl (C=O) groups is 1. The zero-order chi connectivity index (χ0) is 14.3. The normalized spacial score (nSPS) is 22.2. The quantitative estimate of drug-likeness (QED) is 0.765. The molecule has 0 spiro atoms. The first-order valence-corrected chi connectivity index (χ1v) is 7.72. The summed E-state index contributed by atoms with van der Waals surface area (Å²) in [6.45, 7) is 5.09. The average molecular weight is 269 g/mol. The predicted octanol–water partition coefficient (Wildman–Crippen LogP) is 1.69. The number of carbonyl (C=O) groups excluding carboxylic acids is 1. The van der Waals surface area contributed by atoms with Crippen molar-refractivity contribution in [3.8, 4) is 0 Å². The molecule has 4 heteroatoms. The summed E-state index contributed by atoms with van der Waals surface area (Å²) in [5.41, 5.74) is 5.60. The summed E-state index contributed by atoms with van der Waals surface area (Å²) in [5, 5.41) is 0. The molecule has 0 aromatic rings. The van der Waals surface area contributed by atoms with Gasteiger partial charge in [0.2, 0.25) is 5.91 Å². The Hall–Kier alpha value is -0.610. The van der Waals surface area contributed by atoms with Crippen LogP contribution in [0.5, 0.6) is 0 Å². The highest BCUT2D eigenvalue weighted by Crippen LogP contribution is 2.18. The number of piperidine rings is 1. The lowest BCUT2D eigenvalue weighted by Crippen LogP contribution is -2.47. The van der Waals surface area contributed by atoms with Gasteiger partial charge in [-0.05, 0) is 51.7 Å². The number of likely N-dealkylation sites (tertiary alicyclic amines) is 1. The van der Waals surface area contributed by atoms with Gasteiger partial charge in [0.05, 0.1) is 0 Å². The van der Waals surface area contributed by atoms with Crippen LogP contribution in [0.2, 0.25) is 0 Å². The Balaban J connectivity index is 2.35. The highest BCUT2D eigenvalue weighted by atomic mass is 16.2. The molecule has 0 aromatic heterocycles. The van der Waals surface area contributed by atoms with Gasteiger partial charge in [0.15, 0.2) is 0 Å². The van der Waals surface area contributed by atoms with Gasteiger partial charge in [0.1, 0.15) is 0 Å². The maximum atomic E-state index is 12.2. The van der Waals surface area contributed by atoms with Crippen molar-refractivity contribution >= 4 is 5.91 Å². The van der Waals surface area contributed by atoms with Gasteiger partial charge in [-0.1, -0.05) is 13.3 Å². The molecule has 112 valence electrons. The monoisotopic (exact) mass is 269 g/mol. The molecule has 1 fully saturated rings. The van der Waals surface area contributed by atoms with Crippen molar-refractivity contribution in [2.45, 2.75) is 51.5 Å². The Kier molecular flexibility index (Phi) is 7.39. The van der Waals surface area contributed by atoms with E-state index in [1.807, 2.05) is 11.9 Å². The van der Waals surface area contributed by atoms with Gasteiger partial charge < -0.3 is 15.5 Å². The van der Waals surface area contributed by atoms with Gasteiger partial charge in [-0.15, -0.1) is 0 Å². The largest absolute Gasteiger partial charge is 0.341 e. The second-order valence-corrected chi connectivity index (χ2v) is 5.95. The van der Waals surface area contributed by atoms with Gasteiger partial charge in [0.25, 0.3) is 0 Å². The number of amides is 1. The lowest BCUT2D eigenvalue weighted by atomic mass is 9.96. The molecular formula is C15H31N3O. The second kappa shape index (κ2) is 8.54. The highest BCUT2D eigenvalue weighted by molar-refractivity contribution is 5.76. The Morgan fingerprint density at radius 1 is 1.47 bits per heavy atom. The Bertz CT molecular complexity index is 270. The summed E-state index contributed by atoms with van der Waals surface area (Å²) in [6, 6.07) is 0.404. The maximum Gasteiger partial charge on any atom is 0.222 e. The van der Waals surface area contributed by atoms with E-state index in [2.05, 4.69) is 18.9 Å². The van der Waals surface area contributed by atoms with E-state index in [1.165, 1.54) is 6.42 Å². The molecule has 1 aliphatic heterocycles. The van der Waals surface area contributed by atoms with E-state index in [1.54, 1.807) is 0 Å². The molecule has 0 radical (unpaired) electrons. The van der Waals surface area contributed by atoms with Crippen LogP contribution in [0.1, 0.15) is 45.4 Å². The smallest absolute Gasteiger partial charge is 0.222 e. The fourth-order valence-corrected chi connectivity index (χ4v) is 2.95. The molecule has 1 rings (SSSR count). The minimum absolute atomic E-state index is 0.302. The van der Waals surface area contributed by atoms with Gasteiger partial charge in [-0.2, -0.15) is 0 Å². The highest BCUT2D eigenvalue weighted by Gasteiger charge is 2.24. The topological polar surface area (TPSA) is 49.6 Å². The van der Waals surface area contributed by atoms with Crippen molar-refractivity contribution in [3.63, 3.8) is 0 Å². The minimum atomic E-state index is 0.302. The second-order valence-electron chi connectivity index (χ2n) is 5.95. The zero-order valence-corrected chi connectivity index (χ0v) is 12.9. The van der Waals surface area contributed by atoms with Crippen molar-refractivity contribution in [1.82, 2.24) is 9.80 Å². The lowest BCUT2D eigenvalue weighted by Gasteiger charge is -2.36. The summed E-state index contributed by atoms with van der Waals surface area (Å²) in [6.07, 6.45) is 6.17. The molecule has 0 bridgehead atoms. The number of likely N-dealkylation sites (N-methyl/N-ethyl adjacent to an activating group) is 2. The first-order valence-electron chi connectivity index (χ1n) is 7.72. The fraction of sp³-hybridized carbons (Fsp3) is 0.933. The van der Waals surface area contributed by atoms with Crippen LogP contribution in [-0.2, 0) is 4.79 Å². The summed E-state index contributed by atoms with van der Waals surface area (Å²) in [4.78, 5) is 16.5. The maximum absolute atomic E-state index is 12.2. The molecule has 1 heterocycles. The van der Waals surface area contributed by atoms with E-state index >= 15 is 0 Å². The third-order valence-electron chi connectivity index (χ3n) is 4.46. The first kappa shape index (κ1) is 16.4. The van der Waals surface area contributed by atoms with Gasteiger partial charge in [-0.3, -0.25) is 4.79 Å². The molecule has 2 unspecified atom stereocenters. The van der Waals surface area contributed by atoms with Crippen molar-refractivity contribution in [3.05, 3.63) is 0 Å². The van der Waals surface area contributed by atoms with Crippen molar-refractivity contribution < 1.29 is 4.79 Å². The molecule has 19 heavy (non-hydrogen) atoms. The molecular weight excluding hydrogens is 238 g/mol. The summed E-state index contributed by atoms with van der Waals surface area (Å²) in [5.74, 6) is 0.909. The van der Waals surface area contributed by atoms with Crippen LogP contribution in [0.4, 0.5) is 0 Å². The van der Waals surface area contributed by atoms with E-state index in [-0.39, 0.29) is 0 Å². The fourth-order valence-electron chi connectivity index (χ4n) is 2.95. The Labute approximate surface area is 118 Å². The molecule has 0 aliphatic carbocycles. The van der Waals surface area contributed by atoms with Crippen LogP contribution >= 0.6 is 0 Å². The van der Waals surface area contributed by atoms with E-state index in [0.29, 0.717) is 24.3 Å². The number of nitrogens with zero attached hydrogens (tertiary/aromatic N) is 2. The molecule has 0 aromatic carbocycles. The number of rotatable bonds is 7. The average Bonchev–Trinajstić information content (AvgIpc) is 2.42. The predicted molar refractivity (Wildman–Crippen MR) is 80.0 cm³/mol. The molecule has 1 saturated heterocycles. The van der Waals surface area contributed by atoms with Crippen molar-refractivity contribution in [2.75, 3.05) is 33.7 Å². The molecule has 2 atom stereocenters. The Morgan fingerprint density at radius 2 is 2.21 bits per heavy atom. The van der Waals surface area contributed by atoms with Gasteiger partial charge in [-0.25, -0.2) is 0 Å². The van der Waals surface area contributed by atoms with E-state index in [9.17, 15) is 4.79 Å². The van der Waals surface area contributed by atoms with E-state index in [4.69, 9.17) is 5.73 Å². The Morgan fingerprint density at radius 3 is 2.79 bits per heavy atom. The van der Waals surface area contributed by atoms with Crippen LogP contribution in [0.3, 0.4) is 0 Å². The van der Waals surface area contributed by atoms with E-state index < -0.39 is 0 Å². The molecule has 4 nitrogen and oxygen atoms in total. The van der Waals surface area contributed by atoms with Crippen molar-refractivity contribution in [2.24, 2.45) is 11.7 Å². The minimum Gasteiger partial charge on any atom is -0.341 e. The van der Waals surface area contributed by atoms with Crippen LogP contribution < -0.4 is 5.73 Å². The van der Waals surface area contributed by atoms with Crippen LogP contribution in [0, 0.1) is 5.92 Å². The van der Waals surface area contributed by atoms with Gasteiger partial charge >= 0.3 is 0 Å². The molecule has 1 aliphatic rings. The van der Waals surface area contributed by atoms with Crippen LogP contribution in [0.15, 0.2) is 0 Å². The first-order chi connectivity index (χ1) is 9.08. The molecule has 2 N–H and O–H groups in total. The van der Waals surface area contributed by atoms with Gasteiger partial charge in [0, 0.05) is 26.1 Å². The number of nitrogens with two attached hydrogens (primary N) is 1. The number of hydrogen-bond donors (Lipinski definition) is 1. The molecule has 0 saturated carbocycles.